The molecule has 3 rings (SSSR count). The summed E-state index contributed by atoms with van der Waals surface area (Å²) in [7, 11) is 0. The van der Waals surface area contributed by atoms with Gasteiger partial charge in [-0.05, 0) is 24.6 Å². The Balaban J connectivity index is 1.70. The number of rotatable bonds is 2. The lowest BCUT2D eigenvalue weighted by Crippen LogP contribution is -2.35. The zero-order chi connectivity index (χ0) is 15.4. The normalized spacial score (nSPS) is 15.5. The molecule has 1 saturated heterocycles. The van der Waals surface area contributed by atoms with Crippen molar-refractivity contribution in [1.29, 1.82) is 0 Å². The van der Waals surface area contributed by atoms with Crippen molar-refractivity contribution in [2.45, 2.75) is 6.42 Å². The second-order valence-electron chi connectivity index (χ2n) is 5.43. The zero-order valence-electron chi connectivity index (χ0n) is 12.5. The summed E-state index contributed by atoms with van der Waals surface area (Å²) in [6.07, 6.45) is 4.10. The van der Waals surface area contributed by atoms with Gasteiger partial charge in [-0.3, -0.25) is 9.78 Å². The summed E-state index contributed by atoms with van der Waals surface area (Å²) < 4.78 is 0. The highest BCUT2D eigenvalue weighted by Crippen LogP contribution is 2.18. The number of hydrogen-bond donors (Lipinski definition) is 1. The molecule has 1 aliphatic rings. The van der Waals surface area contributed by atoms with Crippen molar-refractivity contribution in [3.05, 3.63) is 54.4 Å². The minimum absolute atomic E-state index is 0.0273. The van der Waals surface area contributed by atoms with Crippen molar-refractivity contribution < 1.29 is 4.79 Å². The molecule has 0 aliphatic carbocycles. The van der Waals surface area contributed by atoms with E-state index in [9.17, 15) is 4.79 Å². The molecule has 2 heterocycles. The maximum atomic E-state index is 12.6. The Kier molecular flexibility index (Phi) is 4.23. The van der Waals surface area contributed by atoms with Gasteiger partial charge < -0.3 is 15.5 Å². The molecule has 5 nitrogen and oxygen atoms in total. The Morgan fingerprint density at radius 1 is 1.05 bits per heavy atom. The van der Waals surface area contributed by atoms with Gasteiger partial charge in [0.1, 0.15) is 0 Å². The van der Waals surface area contributed by atoms with E-state index in [0.717, 1.165) is 26.1 Å². The molecule has 1 amide bonds. The molecule has 2 N–H and O–H groups in total. The fraction of sp³-hybridized carbons (Fsp3) is 0.294. The van der Waals surface area contributed by atoms with Crippen LogP contribution in [0.25, 0.3) is 0 Å². The van der Waals surface area contributed by atoms with E-state index in [4.69, 9.17) is 5.73 Å². The minimum Gasteiger partial charge on any atom is -0.398 e. The van der Waals surface area contributed by atoms with Crippen molar-refractivity contribution in [1.82, 2.24) is 9.88 Å². The van der Waals surface area contributed by atoms with Crippen LogP contribution >= 0.6 is 0 Å². The highest BCUT2D eigenvalue weighted by molar-refractivity contribution is 5.98. The van der Waals surface area contributed by atoms with Crippen LogP contribution in [-0.4, -0.2) is 42.0 Å². The van der Waals surface area contributed by atoms with E-state index >= 15 is 0 Å². The van der Waals surface area contributed by atoms with E-state index in [1.54, 1.807) is 18.5 Å². The van der Waals surface area contributed by atoms with Crippen molar-refractivity contribution in [2.75, 3.05) is 36.8 Å². The smallest absolute Gasteiger partial charge is 0.257 e. The summed E-state index contributed by atoms with van der Waals surface area (Å²) in [6.45, 7) is 3.23. The third-order valence-corrected chi connectivity index (χ3v) is 3.99. The van der Waals surface area contributed by atoms with Gasteiger partial charge in [-0.15, -0.1) is 0 Å². The van der Waals surface area contributed by atoms with E-state index in [0.29, 0.717) is 17.8 Å². The summed E-state index contributed by atoms with van der Waals surface area (Å²) in [5.74, 6) is -0.0273. The van der Waals surface area contributed by atoms with Gasteiger partial charge in [0.25, 0.3) is 5.91 Å². The van der Waals surface area contributed by atoms with Gasteiger partial charge in [0.05, 0.1) is 5.56 Å². The van der Waals surface area contributed by atoms with Crippen LogP contribution in [0.4, 0.5) is 11.4 Å². The molecule has 1 aliphatic heterocycles. The van der Waals surface area contributed by atoms with Crippen LogP contribution in [0.5, 0.6) is 0 Å². The zero-order valence-corrected chi connectivity index (χ0v) is 12.5. The molecule has 114 valence electrons. The van der Waals surface area contributed by atoms with Crippen molar-refractivity contribution in [3.63, 3.8) is 0 Å². The Bertz CT molecular complexity index is 644. The maximum absolute atomic E-state index is 12.6. The van der Waals surface area contributed by atoms with E-state index < -0.39 is 0 Å². The van der Waals surface area contributed by atoms with Gasteiger partial charge >= 0.3 is 0 Å². The number of nitrogens with zero attached hydrogens (tertiary/aromatic N) is 3. The molecule has 5 heteroatoms. The van der Waals surface area contributed by atoms with E-state index in [1.807, 2.05) is 23.1 Å². The van der Waals surface area contributed by atoms with Crippen molar-refractivity contribution in [2.24, 2.45) is 0 Å². The van der Waals surface area contributed by atoms with E-state index in [2.05, 4.69) is 22.0 Å². The Hall–Kier alpha value is -2.56. The highest BCUT2D eigenvalue weighted by Gasteiger charge is 2.21. The first-order valence-corrected chi connectivity index (χ1v) is 7.54. The van der Waals surface area contributed by atoms with Gasteiger partial charge in [0.2, 0.25) is 0 Å². The fourth-order valence-electron chi connectivity index (χ4n) is 2.77. The molecule has 0 radical (unpaired) electrons. The number of carbonyl (C=O) groups excluding carboxylic acids is 1. The predicted molar refractivity (Wildman–Crippen MR) is 87.8 cm³/mol. The SMILES string of the molecule is Nc1ccncc1C(=O)N1CCCN(c2ccccc2)CC1. The average Bonchev–Trinajstić information content (AvgIpc) is 2.81. The number of amides is 1. The van der Waals surface area contributed by atoms with Gasteiger partial charge in [-0.25, -0.2) is 0 Å². The lowest BCUT2D eigenvalue weighted by molar-refractivity contribution is 0.0767. The lowest BCUT2D eigenvalue weighted by Gasteiger charge is -2.24. The Morgan fingerprint density at radius 2 is 1.86 bits per heavy atom. The summed E-state index contributed by atoms with van der Waals surface area (Å²) >= 11 is 0. The predicted octanol–water partition coefficient (Wildman–Crippen LogP) is 2.02. The standard InChI is InChI=1S/C17H20N4O/c18-16-7-8-19-13-15(16)17(22)21-10-4-9-20(11-12-21)14-5-2-1-3-6-14/h1-3,5-8,13H,4,9-12H2,(H2,18,19). The number of para-hydroxylation sites is 1. The monoisotopic (exact) mass is 296 g/mol. The maximum Gasteiger partial charge on any atom is 0.257 e. The number of carbonyl (C=O) groups is 1. The highest BCUT2D eigenvalue weighted by atomic mass is 16.2. The van der Waals surface area contributed by atoms with Gasteiger partial charge in [-0.2, -0.15) is 0 Å². The van der Waals surface area contributed by atoms with Crippen LogP contribution in [0, 0.1) is 0 Å². The van der Waals surface area contributed by atoms with Crippen LogP contribution in [0.2, 0.25) is 0 Å². The third-order valence-electron chi connectivity index (χ3n) is 3.99. The molecule has 1 aromatic heterocycles. The second kappa shape index (κ2) is 6.47. The molecule has 1 fully saturated rings. The first-order valence-electron chi connectivity index (χ1n) is 7.54. The van der Waals surface area contributed by atoms with Gasteiger partial charge in [0, 0.05) is 49.9 Å². The number of benzene rings is 1. The molecule has 0 bridgehead atoms. The number of nitrogen functional groups attached to an aromatic ring is 1. The van der Waals surface area contributed by atoms with Crippen molar-refractivity contribution in [3.8, 4) is 0 Å². The van der Waals surface area contributed by atoms with Crippen LogP contribution in [0.1, 0.15) is 16.8 Å². The molecule has 0 unspecified atom stereocenters. The summed E-state index contributed by atoms with van der Waals surface area (Å²) in [4.78, 5) is 20.8. The summed E-state index contributed by atoms with van der Waals surface area (Å²) in [5, 5.41) is 0. The number of nitrogens with two attached hydrogens (primary N) is 1. The number of anilines is 2. The number of hydrogen-bond acceptors (Lipinski definition) is 4. The Morgan fingerprint density at radius 3 is 2.64 bits per heavy atom. The van der Waals surface area contributed by atoms with Gasteiger partial charge in [0.15, 0.2) is 0 Å². The van der Waals surface area contributed by atoms with Gasteiger partial charge in [-0.1, -0.05) is 18.2 Å². The first kappa shape index (κ1) is 14.4. The number of pyridine rings is 1. The van der Waals surface area contributed by atoms with Crippen LogP contribution in [-0.2, 0) is 0 Å². The van der Waals surface area contributed by atoms with E-state index in [-0.39, 0.29) is 5.91 Å². The summed E-state index contributed by atoms with van der Waals surface area (Å²) in [5.41, 5.74) is 8.08. The molecular formula is C17H20N4O. The van der Waals surface area contributed by atoms with Crippen LogP contribution < -0.4 is 10.6 Å². The summed E-state index contributed by atoms with van der Waals surface area (Å²) in [6, 6.07) is 12.0. The molecule has 0 atom stereocenters. The molecule has 1 aromatic carbocycles. The second-order valence-corrected chi connectivity index (χ2v) is 5.43. The molecular weight excluding hydrogens is 276 g/mol. The quantitative estimate of drug-likeness (QED) is 0.921. The topological polar surface area (TPSA) is 62.5 Å². The van der Waals surface area contributed by atoms with Crippen LogP contribution in [0.3, 0.4) is 0 Å². The third kappa shape index (κ3) is 3.03. The molecule has 2 aromatic rings. The minimum atomic E-state index is -0.0273. The number of aromatic nitrogens is 1. The van der Waals surface area contributed by atoms with Crippen molar-refractivity contribution >= 4 is 17.3 Å². The first-order chi connectivity index (χ1) is 10.8. The molecule has 22 heavy (non-hydrogen) atoms. The lowest BCUT2D eigenvalue weighted by atomic mass is 10.2. The average molecular weight is 296 g/mol. The van der Waals surface area contributed by atoms with Crippen LogP contribution in [0.15, 0.2) is 48.8 Å². The molecule has 0 spiro atoms. The largest absolute Gasteiger partial charge is 0.398 e. The fourth-order valence-corrected chi connectivity index (χ4v) is 2.77. The molecule has 0 saturated carbocycles. The van der Waals surface area contributed by atoms with E-state index in [1.165, 1.54) is 5.69 Å². The Labute approximate surface area is 130 Å².